The summed E-state index contributed by atoms with van der Waals surface area (Å²) in [5, 5.41) is 9.96. The number of fused-ring (bicyclic) bond motifs is 1. The smallest absolute Gasteiger partial charge is 0.348 e. The fourth-order valence-corrected chi connectivity index (χ4v) is 1.67. The molecule has 0 aliphatic rings. The van der Waals surface area contributed by atoms with E-state index < -0.39 is 5.97 Å². The lowest BCUT2D eigenvalue weighted by atomic mass is 10.1. The highest BCUT2D eigenvalue weighted by molar-refractivity contribution is 5.98. The predicted octanol–water partition coefficient (Wildman–Crippen LogP) is 2.64. The SMILES string of the molecule is CCOC(=O)/C(C#N)=C/c1ccc2[nH]ccc2c1. The Bertz CT molecular complexity index is 647. The Morgan fingerprint density at radius 2 is 2.33 bits per heavy atom. The Hall–Kier alpha value is -2.54. The molecule has 1 N–H and O–H groups in total. The number of H-pyrrole nitrogens is 1. The molecule has 0 atom stereocenters. The number of carbonyl (C=O) groups is 1. The highest BCUT2D eigenvalue weighted by atomic mass is 16.5. The van der Waals surface area contributed by atoms with E-state index in [-0.39, 0.29) is 12.2 Å². The van der Waals surface area contributed by atoms with E-state index in [9.17, 15) is 4.79 Å². The van der Waals surface area contributed by atoms with E-state index >= 15 is 0 Å². The molecule has 0 saturated heterocycles. The molecule has 1 heterocycles. The normalized spacial score (nSPS) is 11.2. The number of carbonyl (C=O) groups excluding carboxylic acids is 1. The van der Waals surface area contributed by atoms with Crippen LogP contribution in [-0.2, 0) is 9.53 Å². The van der Waals surface area contributed by atoms with Crippen LogP contribution in [0, 0.1) is 11.3 Å². The summed E-state index contributed by atoms with van der Waals surface area (Å²) in [4.78, 5) is 14.6. The molecule has 2 aromatic rings. The van der Waals surface area contributed by atoms with E-state index in [0.717, 1.165) is 16.5 Å². The number of aromatic amines is 1. The molecular formula is C14H12N2O2. The minimum Gasteiger partial charge on any atom is -0.462 e. The molecule has 1 aromatic carbocycles. The van der Waals surface area contributed by atoms with Crippen LogP contribution in [0.3, 0.4) is 0 Å². The van der Waals surface area contributed by atoms with E-state index in [0.29, 0.717) is 0 Å². The largest absolute Gasteiger partial charge is 0.462 e. The number of nitrogens with one attached hydrogen (secondary N) is 1. The fraction of sp³-hybridized carbons (Fsp3) is 0.143. The Labute approximate surface area is 104 Å². The average Bonchev–Trinajstić information content (AvgIpc) is 2.83. The molecule has 0 amide bonds. The summed E-state index contributed by atoms with van der Waals surface area (Å²) in [6.07, 6.45) is 3.37. The summed E-state index contributed by atoms with van der Waals surface area (Å²) in [5.74, 6) is -0.589. The Morgan fingerprint density at radius 1 is 1.50 bits per heavy atom. The van der Waals surface area contributed by atoms with Crippen LogP contribution < -0.4 is 0 Å². The molecule has 1 aromatic heterocycles. The molecular weight excluding hydrogens is 228 g/mol. The number of hydrogen-bond donors (Lipinski definition) is 1. The van der Waals surface area contributed by atoms with Gasteiger partial charge in [0.15, 0.2) is 0 Å². The van der Waals surface area contributed by atoms with E-state index in [1.807, 2.05) is 36.5 Å². The van der Waals surface area contributed by atoms with Crippen LogP contribution in [0.25, 0.3) is 17.0 Å². The third-order valence-corrected chi connectivity index (χ3v) is 2.50. The van der Waals surface area contributed by atoms with Gasteiger partial charge in [0.1, 0.15) is 11.6 Å². The van der Waals surface area contributed by atoms with Crippen molar-refractivity contribution in [1.82, 2.24) is 4.98 Å². The van der Waals surface area contributed by atoms with E-state index in [4.69, 9.17) is 10.00 Å². The molecule has 2 rings (SSSR count). The molecule has 90 valence electrons. The zero-order valence-corrected chi connectivity index (χ0v) is 9.93. The standard InChI is InChI=1S/C14H12N2O2/c1-2-18-14(17)12(9-15)8-10-3-4-13-11(7-10)5-6-16-13/h3-8,16H,2H2,1H3/b12-8+. The van der Waals surface area contributed by atoms with E-state index in [2.05, 4.69) is 4.98 Å². The Kier molecular flexibility index (Phi) is 3.44. The van der Waals surface area contributed by atoms with Crippen molar-refractivity contribution in [3.63, 3.8) is 0 Å². The van der Waals surface area contributed by atoms with Crippen LogP contribution >= 0.6 is 0 Å². The number of benzene rings is 1. The lowest BCUT2D eigenvalue weighted by molar-refractivity contribution is -0.137. The van der Waals surface area contributed by atoms with Gasteiger partial charge in [-0.1, -0.05) is 6.07 Å². The van der Waals surface area contributed by atoms with Gasteiger partial charge in [0.2, 0.25) is 0 Å². The third-order valence-electron chi connectivity index (χ3n) is 2.50. The second-order valence-corrected chi connectivity index (χ2v) is 3.71. The van der Waals surface area contributed by atoms with Crippen molar-refractivity contribution < 1.29 is 9.53 Å². The van der Waals surface area contributed by atoms with Crippen LogP contribution in [-0.4, -0.2) is 17.6 Å². The maximum absolute atomic E-state index is 11.5. The maximum atomic E-state index is 11.5. The second-order valence-electron chi connectivity index (χ2n) is 3.71. The van der Waals surface area contributed by atoms with Gasteiger partial charge in [0.25, 0.3) is 0 Å². The predicted molar refractivity (Wildman–Crippen MR) is 68.5 cm³/mol. The van der Waals surface area contributed by atoms with Gasteiger partial charge >= 0.3 is 5.97 Å². The quantitative estimate of drug-likeness (QED) is 0.509. The van der Waals surface area contributed by atoms with Crippen molar-refractivity contribution in [1.29, 1.82) is 5.26 Å². The highest BCUT2D eigenvalue weighted by Gasteiger charge is 2.09. The van der Waals surface area contributed by atoms with E-state index in [1.165, 1.54) is 6.08 Å². The highest BCUT2D eigenvalue weighted by Crippen LogP contribution is 2.16. The number of esters is 1. The molecule has 0 fully saturated rings. The summed E-state index contributed by atoms with van der Waals surface area (Å²) in [6.45, 7) is 1.97. The van der Waals surface area contributed by atoms with Gasteiger partial charge in [-0.2, -0.15) is 5.26 Å². The topological polar surface area (TPSA) is 65.9 Å². The summed E-state index contributed by atoms with van der Waals surface area (Å²) in [5.41, 5.74) is 1.82. The number of aromatic nitrogens is 1. The van der Waals surface area contributed by atoms with Crippen LogP contribution in [0.15, 0.2) is 36.0 Å². The van der Waals surface area contributed by atoms with Crippen molar-refractivity contribution in [3.05, 3.63) is 41.6 Å². The molecule has 0 saturated carbocycles. The molecule has 4 heteroatoms. The second kappa shape index (κ2) is 5.19. The van der Waals surface area contributed by atoms with Gasteiger partial charge in [-0.25, -0.2) is 4.79 Å². The number of hydrogen-bond acceptors (Lipinski definition) is 3. The van der Waals surface area contributed by atoms with Crippen molar-refractivity contribution in [2.75, 3.05) is 6.61 Å². The summed E-state index contributed by atoms with van der Waals surface area (Å²) in [6, 6.07) is 9.44. The molecule has 18 heavy (non-hydrogen) atoms. The first-order valence-electron chi connectivity index (χ1n) is 5.60. The van der Waals surface area contributed by atoms with Crippen LogP contribution in [0.2, 0.25) is 0 Å². The van der Waals surface area contributed by atoms with Crippen LogP contribution in [0.5, 0.6) is 0 Å². The molecule has 0 aliphatic carbocycles. The Morgan fingerprint density at radius 3 is 3.06 bits per heavy atom. The molecule has 0 aliphatic heterocycles. The average molecular weight is 240 g/mol. The van der Waals surface area contributed by atoms with Crippen molar-refractivity contribution >= 4 is 22.9 Å². The molecule has 0 unspecified atom stereocenters. The van der Waals surface area contributed by atoms with Crippen molar-refractivity contribution in [2.45, 2.75) is 6.92 Å². The molecule has 0 bridgehead atoms. The zero-order chi connectivity index (χ0) is 13.0. The summed E-state index contributed by atoms with van der Waals surface area (Å²) in [7, 11) is 0. The van der Waals surface area contributed by atoms with Gasteiger partial charge < -0.3 is 9.72 Å². The lowest BCUT2D eigenvalue weighted by Gasteiger charge is -2.00. The van der Waals surface area contributed by atoms with Crippen LogP contribution in [0.4, 0.5) is 0 Å². The molecule has 0 radical (unpaired) electrons. The number of nitrogens with zero attached hydrogens (tertiary/aromatic N) is 1. The maximum Gasteiger partial charge on any atom is 0.348 e. The Balaban J connectivity index is 2.35. The number of rotatable bonds is 3. The lowest BCUT2D eigenvalue weighted by Crippen LogP contribution is -2.05. The van der Waals surface area contributed by atoms with Gasteiger partial charge in [-0.05, 0) is 42.1 Å². The summed E-state index contributed by atoms with van der Waals surface area (Å²) >= 11 is 0. The first-order chi connectivity index (χ1) is 8.74. The first-order valence-corrected chi connectivity index (χ1v) is 5.60. The fourth-order valence-electron chi connectivity index (χ4n) is 1.67. The first kappa shape index (κ1) is 11.9. The van der Waals surface area contributed by atoms with Gasteiger partial charge in [-0.3, -0.25) is 0 Å². The number of nitriles is 1. The van der Waals surface area contributed by atoms with Gasteiger partial charge in [-0.15, -0.1) is 0 Å². The number of ether oxygens (including phenoxy) is 1. The zero-order valence-electron chi connectivity index (χ0n) is 9.93. The molecule has 4 nitrogen and oxygen atoms in total. The van der Waals surface area contributed by atoms with Gasteiger partial charge in [0.05, 0.1) is 6.61 Å². The van der Waals surface area contributed by atoms with E-state index in [1.54, 1.807) is 6.92 Å². The minimum atomic E-state index is -0.589. The van der Waals surface area contributed by atoms with Crippen LogP contribution in [0.1, 0.15) is 12.5 Å². The monoisotopic (exact) mass is 240 g/mol. The van der Waals surface area contributed by atoms with Crippen molar-refractivity contribution in [3.8, 4) is 6.07 Å². The third kappa shape index (κ3) is 2.41. The molecule has 0 spiro atoms. The summed E-state index contributed by atoms with van der Waals surface area (Å²) < 4.78 is 4.80. The van der Waals surface area contributed by atoms with Gasteiger partial charge in [0, 0.05) is 11.7 Å². The van der Waals surface area contributed by atoms with Crippen molar-refractivity contribution in [2.24, 2.45) is 0 Å². The minimum absolute atomic E-state index is 0.00624.